The molecule has 2 aliphatic rings. The molecule has 0 unspecified atom stereocenters. The summed E-state index contributed by atoms with van der Waals surface area (Å²) in [6.07, 6.45) is 9.64. The fourth-order valence-electron chi connectivity index (χ4n) is 4.15. The number of carbonyl (C=O) groups excluding carboxylic acids is 1. The van der Waals surface area contributed by atoms with E-state index in [9.17, 15) is 4.79 Å². The average Bonchev–Trinajstić information content (AvgIpc) is 2.72. The van der Waals surface area contributed by atoms with Crippen molar-refractivity contribution in [3.63, 3.8) is 0 Å². The molecule has 2 N–H and O–H groups in total. The van der Waals surface area contributed by atoms with Crippen LogP contribution in [-0.4, -0.2) is 80.3 Å². The Morgan fingerprint density at radius 3 is 2.50 bits per heavy atom. The number of hydrogen-bond acceptors (Lipinski definition) is 4. The summed E-state index contributed by atoms with van der Waals surface area (Å²) in [5.41, 5.74) is 0. The van der Waals surface area contributed by atoms with Crippen molar-refractivity contribution >= 4 is 12.1 Å². The number of rotatable bonds is 8. The highest BCUT2D eigenvalue weighted by Crippen LogP contribution is 2.21. The van der Waals surface area contributed by atoms with Crippen LogP contribution in [0.25, 0.3) is 0 Å². The molecular formula is C21H41N5O2. The zero-order valence-corrected chi connectivity index (χ0v) is 18.2. The lowest BCUT2D eigenvalue weighted by atomic mass is 9.94. The lowest BCUT2D eigenvalue weighted by Gasteiger charge is -2.32. The summed E-state index contributed by atoms with van der Waals surface area (Å²) >= 11 is 0. The molecule has 0 spiro atoms. The first-order valence-electron chi connectivity index (χ1n) is 11.3. The largest absolute Gasteiger partial charge is 0.450 e. The first kappa shape index (κ1) is 22.8. The Labute approximate surface area is 171 Å². The molecule has 162 valence electrons. The number of hydrogen-bond donors (Lipinski definition) is 2. The summed E-state index contributed by atoms with van der Waals surface area (Å²) in [6.45, 7) is 8.67. The number of aliphatic imine (C=N–C) groups is 1. The highest BCUT2D eigenvalue weighted by Gasteiger charge is 2.24. The van der Waals surface area contributed by atoms with Crippen molar-refractivity contribution in [3.05, 3.63) is 0 Å². The first-order valence-corrected chi connectivity index (χ1v) is 11.3. The van der Waals surface area contributed by atoms with Crippen LogP contribution in [0.5, 0.6) is 0 Å². The van der Waals surface area contributed by atoms with Crippen molar-refractivity contribution in [3.8, 4) is 0 Å². The molecule has 1 aliphatic carbocycles. The van der Waals surface area contributed by atoms with Gasteiger partial charge < -0.3 is 25.2 Å². The second kappa shape index (κ2) is 12.9. The minimum atomic E-state index is -0.191. The minimum absolute atomic E-state index is 0.191. The molecular weight excluding hydrogens is 354 g/mol. The Morgan fingerprint density at radius 2 is 1.86 bits per heavy atom. The topological polar surface area (TPSA) is 69.2 Å². The molecule has 0 bridgehead atoms. The Morgan fingerprint density at radius 1 is 1.14 bits per heavy atom. The maximum atomic E-state index is 11.8. The fourth-order valence-corrected chi connectivity index (χ4v) is 4.15. The smallest absolute Gasteiger partial charge is 0.409 e. The average molecular weight is 396 g/mol. The van der Waals surface area contributed by atoms with Gasteiger partial charge in [0, 0.05) is 38.3 Å². The second-order valence-corrected chi connectivity index (χ2v) is 7.99. The van der Waals surface area contributed by atoms with Crippen molar-refractivity contribution in [2.45, 2.75) is 77.3 Å². The predicted octanol–water partition coefficient (Wildman–Crippen LogP) is 2.82. The molecule has 7 nitrogen and oxygen atoms in total. The second-order valence-electron chi connectivity index (χ2n) is 7.99. The predicted molar refractivity (Wildman–Crippen MR) is 115 cm³/mol. The van der Waals surface area contributed by atoms with Gasteiger partial charge in [0.05, 0.1) is 6.61 Å². The molecule has 1 amide bonds. The molecule has 0 aromatic carbocycles. The van der Waals surface area contributed by atoms with E-state index < -0.39 is 0 Å². The maximum absolute atomic E-state index is 11.8. The van der Waals surface area contributed by atoms with Gasteiger partial charge in [0.25, 0.3) is 0 Å². The van der Waals surface area contributed by atoms with Crippen LogP contribution in [0.2, 0.25) is 0 Å². The van der Waals surface area contributed by atoms with E-state index >= 15 is 0 Å². The molecule has 0 aromatic rings. The fraction of sp³-hybridized carbons (Fsp3) is 0.905. The molecule has 1 saturated carbocycles. The molecule has 2 fully saturated rings. The lowest BCUT2D eigenvalue weighted by molar-refractivity contribution is 0.0963. The third-order valence-electron chi connectivity index (χ3n) is 5.84. The van der Waals surface area contributed by atoms with E-state index in [1.807, 2.05) is 6.92 Å². The number of amides is 1. The van der Waals surface area contributed by atoms with Crippen LogP contribution in [0.15, 0.2) is 4.99 Å². The van der Waals surface area contributed by atoms with Crippen LogP contribution in [0.3, 0.4) is 0 Å². The molecule has 1 heterocycles. The molecule has 1 aliphatic heterocycles. The van der Waals surface area contributed by atoms with E-state index in [1.54, 1.807) is 4.90 Å². The summed E-state index contributed by atoms with van der Waals surface area (Å²) in [6, 6.07) is 1.13. The Balaban J connectivity index is 1.69. The van der Waals surface area contributed by atoms with E-state index in [0.29, 0.717) is 12.6 Å². The summed E-state index contributed by atoms with van der Waals surface area (Å²) in [4.78, 5) is 20.9. The van der Waals surface area contributed by atoms with Crippen molar-refractivity contribution in [1.82, 2.24) is 20.4 Å². The van der Waals surface area contributed by atoms with Gasteiger partial charge >= 0.3 is 6.09 Å². The van der Waals surface area contributed by atoms with Crippen molar-refractivity contribution < 1.29 is 9.53 Å². The number of nitrogens with zero attached hydrogens (tertiary/aromatic N) is 3. The van der Waals surface area contributed by atoms with Crippen molar-refractivity contribution in [2.75, 3.05) is 46.4 Å². The summed E-state index contributed by atoms with van der Waals surface area (Å²) < 4.78 is 5.09. The number of carbonyl (C=O) groups is 1. The van der Waals surface area contributed by atoms with E-state index in [4.69, 9.17) is 9.73 Å². The Kier molecular flexibility index (Phi) is 10.5. The zero-order chi connectivity index (χ0) is 20.2. The van der Waals surface area contributed by atoms with E-state index in [1.165, 1.54) is 32.1 Å². The third kappa shape index (κ3) is 7.86. The highest BCUT2D eigenvalue weighted by molar-refractivity contribution is 5.80. The van der Waals surface area contributed by atoms with Crippen LogP contribution in [0.1, 0.15) is 65.2 Å². The van der Waals surface area contributed by atoms with Crippen LogP contribution >= 0.6 is 0 Å². The van der Waals surface area contributed by atoms with Gasteiger partial charge in [-0.05, 0) is 59.5 Å². The number of piperidine rings is 1. The van der Waals surface area contributed by atoms with Crippen molar-refractivity contribution in [1.29, 1.82) is 0 Å². The SMILES string of the molecule is CCNC(=NCCCN(C)C1CCCCC1)NC1CCN(C(=O)OCC)CC1. The monoisotopic (exact) mass is 395 g/mol. The van der Waals surface area contributed by atoms with Gasteiger partial charge in [-0.2, -0.15) is 0 Å². The van der Waals surface area contributed by atoms with E-state index in [-0.39, 0.29) is 6.09 Å². The van der Waals surface area contributed by atoms with Gasteiger partial charge in [-0.3, -0.25) is 4.99 Å². The first-order chi connectivity index (χ1) is 13.6. The number of likely N-dealkylation sites (tertiary alicyclic amines) is 1. The van der Waals surface area contributed by atoms with Crippen LogP contribution in [0, 0.1) is 0 Å². The summed E-state index contributed by atoms with van der Waals surface area (Å²) in [5, 5.41) is 6.90. The van der Waals surface area contributed by atoms with Gasteiger partial charge in [0.15, 0.2) is 5.96 Å². The summed E-state index contributed by atoms with van der Waals surface area (Å²) in [7, 11) is 2.26. The number of ether oxygens (including phenoxy) is 1. The standard InChI is InChI=1S/C21H41N5O2/c1-4-22-20(23-14-9-15-25(3)19-10-7-6-8-11-19)24-18-12-16-26(17-13-18)21(27)28-5-2/h18-19H,4-17H2,1-3H3,(H2,22,23,24). The number of guanidine groups is 1. The third-order valence-corrected chi connectivity index (χ3v) is 5.84. The Hall–Kier alpha value is -1.50. The highest BCUT2D eigenvalue weighted by atomic mass is 16.6. The molecule has 2 rings (SSSR count). The normalized spacial score (nSPS) is 19.7. The molecule has 0 aromatic heterocycles. The molecule has 0 radical (unpaired) electrons. The maximum Gasteiger partial charge on any atom is 0.409 e. The molecule has 0 atom stereocenters. The van der Waals surface area contributed by atoms with E-state index in [0.717, 1.165) is 64.0 Å². The minimum Gasteiger partial charge on any atom is -0.450 e. The Bertz CT molecular complexity index is 471. The van der Waals surface area contributed by atoms with Crippen LogP contribution < -0.4 is 10.6 Å². The van der Waals surface area contributed by atoms with Crippen LogP contribution in [0.4, 0.5) is 4.79 Å². The quantitative estimate of drug-likeness (QED) is 0.376. The lowest BCUT2D eigenvalue weighted by Crippen LogP contribution is -2.50. The molecule has 1 saturated heterocycles. The molecule has 28 heavy (non-hydrogen) atoms. The van der Waals surface area contributed by atoms with Gasteiger partial charge in [0.2, 0.25) is 0 Å². The summed E-state index contributed by atoms with van der Waals surface area (Å²) in [5.74, 6) is 0.900. The zero-order valence-electron chi connectivity index (χ0n) is 18.2. The van der Waals surface area contributed by atoms with Gasteiger partial charge in [0.1, 0.15) is 0 Å². The molecule has 7 heteroatoms. The van der Waals surface area contributed by atoms with Gasteiger partial charge in [-0.1, -0.05) is 19.3 Å². The van der Waals surface area contributed by atoms with E-state index in [2.05, 4.69) is 29.5 Å². The van der Waals surface area contributed by atoms with Gasteiger partial charge in [-0.15, -0.1) is 0 Å². The van der Waals surface area contributed by atoms with Crippen molar-refractivity contribution in [2.24, 2.45) is 4.99 Å². The number of nitrogens with one attached hydrogen (secondary N) is 2. The van der Waals surface area contributed by atoms with Gasteiger partial charge in [-0.25, -0.2) is 4.79 Å². The van der Waals surface area contributed by atoms with Crippen LogP contribution in [-0.2, 0) is 4.74 Å².